The van der Waals surface area contributed by atoms with Crippen LogP contribution in [0.3, 0.4) is 0 Å². The van der Waals surface area contributed by atoms with E-state index in [1.165, 1.54) is 10.6 Å². The summed E-state index contributed by atoms with van der Waals surface area (Å²) in [7, 11) is 1.80. The first-order valence-corrected chi connectivity index (χ1v) is 10.0. The monoisotopic (exact) mass is 374 g/mol. The summed E-state index contributed by atoms with van der Waals surface area (Å²) in [6.45, 7) is 7.32. The molecule has 1 heterocycles. The average molecular weight is 375 g/mol. The molecule has 0 aliphatic carbocycles. The van der Waals surface area contributed by atoms with E-state index in [1.54, 1.807) is 18.4 Å². The van der Waals surface area contributed by atoms with Crippen LogP contribution in [0.15, 0.2) is 40.7 Å². The van der Waals surface area contributed by atoms with E-state index in [0.717, 1.165) is 44.2 Å². The van der Waals surface area contributed by atoms with Gasteiger partial charge in [0.2, 0.25) is 0 Å². The Hall–Kier alpha value is -1.92. The third-order valence-corrected chi connectivity index (χ3v) is 4.91. The van der Waals surface area contributed by atoms with Gasteiger partial charge in [0, 0.05) is 37.6 Å². The molecule has 2 rings (SSSR count). The number of aromatic nitrogens is 1. The van der Waals surface area contributed by atoms with Crippen LogP contribution in [0.4, 0.5) is 0 Å². The summed E-state index contributed by atoms with van der Waals surface area (Å²) in [5, 5.41) is 10.0. The van der Waals surface area contributed by atoms with Crippen LogP contribution in [0.1, 0.15) is 29.6 Å². The van der Waals surface area contributed by atoms with Crippen molar-refractivity contribution in [2.45, 2.75) is 33.3 Å². The Kier molecular flexibility index (Phi) is 9.14. The molecule has 0 bridgehead atoms. The highest BCUT2D eigenvalue weighted by atomic mass is 32.1. The van der Waals surface area contributed by atoms with Gasteiger partial charge in [-0.15, -0.1) is 11.3 Å². The minimum atomic E-state index is 0.413. The Morgan fingerprint density at radius 2 is 2.08 bits per heavy atom. The lowest BCUT2D eigenvalue weighted by atomic mass is 10.2. The largest absolute Gasteiger partial charge is 0.376 e. The number of hydrogen-bond donors (Lipinski definition) is 2. The lowest BCUT2D eigenvalue weighted by molar-refractivity contribution is 0.0931. The van der Waals surface area contributed by atoms with Crippen LogP contribution in [-0.4, -0.2) is 37.7 Å². The van der Waals surface area contributed by atoms with E-state index in [-0.39, 0.29) is 0 Å². The number of rotatable bonds is 10. The second-order valence-corrected chi connectivity index (χ2v) is 7.41. The van der Waals surface area contributed by atoms with E-state index in [0.29, 0.717) is 12.5 Å². The predicted octanol–water partition coefficient (Wildman–Crippen LogP) is 3.40. The van der Waals surface area contributed by atoms with Crippen LogP contribution < -0.4 is 10.6 Å². The Bertz CT molecular complexity index is 657. The van der Waals surface area contributed by atoms with Gasteiger partial charge >= 0.3 is 0 Å². The minimum Gasteiger partial charge on any atom is -0.376 e. The van der Waals surface area contributed by atoms with Crippen molar-refractivity contribution < 1.29 is 4.74 Å². The van der Waals surface area contributed by atoms with E-state index in [2.05, 4.69) is 45.0 Å². The maximum absolute atomic E-state index is 5.79. The molecule has 0 amide bonds. The molecule has 0 fully saturated rings. The predicted molar refractivity (Wildman–Crippen MR) is 110 cm³/mol. The van der Waals surface area contributed by atoms with Gasteiger partial charge in [0.15, 0.2) is 5.96 Å². The lowest BCUT2D eigenvalue weighted by Gasteiger charge is -2.16. The van der Waals surface area contributed by atoms with Crippen molar-refractivity contribution in [2.24, 2.45) is 10.9 Å². The molecular formula is C20H30N4OS. The van der Waals surface area contributed by atoms with Gasteiger partial charge in [0.25, 0.3) is 0 Å². The molecule has 5 nitrogen and oxygen atoms in total. The highest BCUT2D eigenvalue weighted by molar-refractivity contribution is 7.09. The minimum absolute atomic E-state index is 0.413. The molecule has 0 radical (unpaired) electrons. The summed E-state index contributed by atoms with van der Waals surface area (Å²) >= 11 is 1.74. The first-order valence-electron chi connectivity index (χ1n) is 9.14. The highest BCUT2D eigenvalue weighted by Crippen LogP contribution is 2.10. The topological polar surface area (TPSA) is 58.5 Å². The van der Waals surface area contributed by atoms with Crippen LogP contribution in [0.2, 0.25) is 0 Å². The molecule has 2 aromatic rings. The number of aliphatic imine (C=N–C) groups is 1. The standard InChI is InChI=1S/C20H30N4OS/c1-16(13-25-14-18-8-5-4-6-9-18)12-23-20(21-3)22-11-7-10-19-24-17(2)15-26-19/h4-6,8-9,15-16H,7,10-14H2,1-3H3,(H2,21,22,23). The Labute approximate surface area is 160 Å². The van der Waals surface area contributed by atoms with Gasteiger partial charge in [-0.25, -0.2) is 4.98 Å². The quantitative estimate of drug-likeness (QED) is 0.380. The number of hydrogen-bond acceptors (Lipinski definition) is 4. The van der Waals surface area contributed by atoms with Crippen LogP contribution in [0, 0.1) is 12.8 Å². The third-order valence-electron chi connectivity index (χ3n) is 3.88. The fourth-order valence-electron chi connectivity index (χ4n) is 2.47. The van der Waals surface area contributed by atoms with E-state index in [4.69, 9.17) is 4.74 Å². The van der Waals surface area contributed by atoms with Gasteiger partial charge in [-0.3, -0.25) is 4.99 Å². The maximum atomic E-state index is 5.79. The number of benzene rings is 1. The Balaban J connectivity index is 1.55. The van der Waals surface area contributed by atoms with Gasteiger partial charge in [-0.05, 0) is 24.8 Å². The lowest BCUT2D eigenvalue weighted by Crippen LogP contribution is -2.40. The van der Waals surface area contributed by atoms with Crippen molar-refractivity contribution in [3.8, 4) is 0 Å². The summed E-state index contributed by atoms with van der Waals surface area (Å²) in [5.74, 6) is 1.26. The maximum Gasteiger partial charge on any atom is 0.190 e. The molecule has 0 aliphatic rings. The van der Waals surface area contributed by atoms with Gasteiger partial charge in [-0.1, -0.05) is 37.3 Å². The smallest absolute Gasteiger partial charge is 0.190 e. The van der Waals surface area contributed by atoms with Crippen molar-refractivity contribution in [1.29, 1.82) is 0 Å². The number of nitrogens with zero attached hydrogens (tertiary/aromatic N) is 2. The van der Waals surface area contributed by atoms with Crippen molar-refractivity contribution in [1.82, 2.24) is 15.6 Å². The fraction of sp³-hybridized carbons (Fsp3) is 0.500. The Morgan fingerprint density at radius 1 is 1.27 bits per heavy atom. The average Bonchev–Trinajstić information content (AvgIpc) is 3.07. The van der Waals surface area contributed by atoms with Gasteiger partial charge in [0.05, 0.1) is 18.2 Å². The molecule has 1 aromatic carbocycles. The number of guanidine groups is 1. The van der Waals surface area contributed by atoms with E-state index < -0.39 is 0 Å². The molecule has 1 aromatic heterocycles. The van der Waals surface area contributed by atoms with Crippen LogP contribution >= 0.6 is 11.3 Å². The zero-order valence-corrected chi connectivity index (χ0v) is 16.8. The zero-order chi connectivity index (χ0) is 18.6. The van der Waals surface area contributed by atoms with E-state index in [9.17, 15) is 0 Å². The third kappa shape index (κ3) is 7.97. The number of thiazole rings is 1. The molecule has 2 N–H and O–H groups in total. The van der Waals surface area contributed by atoms with Gasteiger partial charge in [0.1, 0.15) is 0 Å². The molecule has 0 saturated carbocycles. The molecule has 0 spiro atoms. The molecule has 26 heavy (non-hydrogen) atoms. The van der Waals surface area contributed by atoms with Crippen molar-refractivity contribution in [3.63, 3.8) is 0 Å². The molecule has 1 unspecified atom stereocenters. The summed E-state index contributed by atoms with van der Waals surface area (Å²) in [6.07, 6.45) is 2.05. The summed E-state index contributed by atoms with van der Waals surface area (Å²) < 4.78 is 5.79. The van der Waals surface area contributed by atoms with Crippen molar-refractivity contribution in [3.05, 3.63) is 52.0 Å². The normalized spacial score (nSPS) is 12.8. The van der Waals surface area contributed by atoms with Crippen molar-refractivity contribution in [2.75, 3.05) is 26.7 Å². The first-order chi connectivity index (χ1) is 12.7. The van der Waals surface area contributed by atoms with Gasteiger partial charge < -0.3 is 15.4 Å². The number of aryl methyl sites for hydroxylation is 2. The second kappa shape index (κ2) is 11.6. The van der Waals surface area contributed by atoms with Crippen molar-refractivity contribution >= 4 is 17.3 Å². The SMILES string of the molecule is CN=C(NCCCc1nc(C)cs1)NCC(C)COCc1ccccc1. The van der Waals surface area contributed by atoms with E-state index >= 15 is 0 Å². The highest BCUT2D eigenvalue weighted by Gasteiger charge is 2.05. The summed E-state index contributed by atoms with van der Waals surface area (Å²) in [4.78, 5) is 8.77. The molecule has 0 aliphatic heterocycles. The van der Waals surface area contributed by atoms with Crippen LogP contribution in [0.25, 0.3) is 0 Å². The van der Waals surface area contributed by atoms with Gasteiger partial charge in [-0.2, -0.15) is 0 Å². The molecule has 0 saturated heterocycles. The number of ether oxygens (including phenoxy) is 1. The molecule has 6 heteroatoms. The zero-order valence-electron chi connectivity index (χ0n) is 16.0. The Morgan fingerprint density at radius 3 is 2.77 bits per heavy atom. The van der Waals surface area contributed by atoms with Crippen LogP contribution in [0.5, 0.6) is 0 Å². The fourth-order valence-corrected chi connectivity index (χ4v) is 3.28. The number of nitrogens with one attached hydrogen (secondary N) is 2. The summed E-state index contributed by atoms with van der Waals surface area (Å²) in [5.41, 5.74) is 2.32. The van der Waals surface area contributed by atoms with E-state index in [1.807, 2.05) is 25.1 Å². The second-order valence-electron chi connectivity index (χ2n) is 6.47. The molecular weight excluding hydrogens is 344 g/mol. The molecule has 142 valence electrons. The molecule has 1 atom stereocenters. The summed E-state index contributed by atoms with van der Waals surface area (Å²) in [6, 6.07) is 10.3. The van der Waals surface area contributed by atoms with Crippen LogP contribution in [-0.2, 0) is 17.8 Å². The first kappa shape index (κ1) is 20.4.